The maximum absolute atomic E-state index is 11.6. The summed E-state index contributed by atoms with van der Waals surface area (Å²) < 4.78 is 5.87. The highest BCUT2D eigenvalue weighted by molar-refractivity contribution is 5.74. The number of carbonyl (C=O) groups is 1. The Hall–Kier alpha value is -1.83. The van der Waals surface area contributed by atoms with Crippen molar-refractivity contribution in [2.45, 2.75) is 37.6 Å². The van der Waals surface area contributed by atoms with Crippen LogP contribution >= 0.6 is 0 Å². The number of benzene rings is 1. The van der Waals surface area contributed by atoms with Gasteiger partial charge in [-0.05, 0) is 30.9 Å². The summed E-state index contributed by atoms with van der Waals surface area (Å²) in [4.78, 5) is 13.3. The number of nitrogens with zero attached hydrogens (tertiary/aromatic N) is 1. The van der Waals surface area contributed by atoms with E-state index in [-0.39, 0.29) is 12.1 Å². The maximum atomic E-state index is 11.6. The molecule has 1 fully saturated rings. The van der Waals surface area contributed by atoms with Gasteiger partial charge in [-0.15, -0.1) is 0 Å². The van der Waals surface area contributed by atoms with Gasteiger partial charge >= 0.3 is 6.03 Å². The average molecular weight is 349 g/mol. The molecule has 1 aromatic rings. The van der Waals surface area contributed by atoms with E-state index in [1.807, 2.05) is 24.3 Å². The Morgan fingerprint density at radius 3 is 3.00 bits per heavy atom. The van der Waals surface area contributed by atoms with Crippen molar-refractivity contribution in [2.24, 2.45) is 0 Å². The lowest BCUT2D eigenvalue weighted by atomic mass is 9.99. The van der Waals surface area contributed by atoms with Crippen molar-refractivity contribution in [1.82, 2.24) is 15.5 Å². The Bertz CT molecular complexity index is 583. The number of carbonyl (C=O) groups excluding carboxylic acids is 1. The fraction of sp³-hybridized carbons (Fsp3) is 0.611. The zero-order valence-electron chi connectivity index (χ0n) is 14.4. The predicted molar refractivity (Wildman–Crippen MR) is 93.7 cm³/mol. The molecule has 0 spiro atoms. The molecule has 25 heavy (non-hydrogen) atoms. The minimum absolute atomic E-state index is 0.125. The fourth-order valence-corrected chi connectivity index (χ4v) is 3.32. The molecule has 0 aliphatic carbocycles. The second-order valence-electron chi connectivity index (χ2n) is 6.71. The number of β-amino-alcohol motifs (C(OH)–C–C–N with tert-alkyl or cyclic N) is 1. The third-order valence-corrected chi connectivity index (χ3v) is 4.71. The Balaban J connectivity index is 1.38. The number of aryl methyl sites for hydroxylation is 1. The molecule has 1 aromatic carbocycles. The molecule has 0 saturated carbocycles. The number of amides is 2. The number of fused-ring (bicyclic) bond motifs is 1. The van der Waals surface area contributed by atoms with E-state index >= 15 is 0 Å². The molecule has 0 aromatic heterocycles. The lowest BCUT2D eigenvalue weighted by Gasteiger charge is -2.31. The average Bonchev–Trinajstić information content (AvgIpc) is 2.63. The smallest absolute Gasteiger partial charge is 0.317 e. The van der Waals surface area contributed by atoms with Crippen LogP contribution in [0, 0.1) is 0 Å². The van der Waals surface area contributed by atoms with Gasteiger partial charge in [0.25, 0.3) is 0 Å². The predicted octanol–water partition coefficient (Wildman–Crippen LogP) is 0.107. The third-order valence-electron chi connectivity index (χ3n) is 4.71. The van der Waals surface area contributed by atoms with E-state index in [1.54, 1.807) is 4.90 Å². The largest absolute Gasteiger partial charge is 0.487 e. The Kier molecular flexibility index (Phi) is 6.12. The molecular weight excluding hydrogens is 322 g/mol. The number of urea groups is 1. The highest BCUT2D eigenvalue weighted by Crippen LogP contribution is 2.28. The first kappa shape index (κ1) is 18.0. The monoisotopic (exact) mass is 349 g/mol. The van der Waals surface area contributed by atoms with Gasteiger partial charge in [0, 0.05) is 32.7 Å². The molecule has 3 rings (SSSR count). The van der Waals surface area contributed by atoms with Crippen LogP contribution in [0.5, 0.6) is 5.75 Å². The minimum atomic E-state index is -0.663. The van der Waals surface area contributed by atoms with Gasteiger partial charge in [-0.1, -0.05) is 18.2 Å². The van der Waals surface area contributed by atoms with Gasteiger partial charge < -0.3 is 30.5 Å². The lowest BCUT2D eigenvalue weighted by molar-refractivity contribution is 0.0220. The molecular formula is C18H27N3O4. The van der Waals surface area contributed by atoms with Gasteiger partial charge in [0.05, 0.1) is 6.10 Å². The molecule has 2 heterocycles. The van der Waals surface area contributed by atoms with Crippen LogP contribution in [0.2, 0.25) is 0 Å². The van der Waals surface area contributed by atoms with Gasteiger partial charge in [-0.3, -0.25) is 0 Å². The molecule has 3 unspecified atom stereocenters. The van der Waals surface area contributed by atoms with E-state index in [1.165, 1.54) is 5.56 Å². The van der Waals surface area contributed by atoms with Gasteiger partial charge in [-0.2, -0.15) is 0 Å². The zero-order valence-corrected chi connectivity index (χ0v) is 14.4. The molecule has 3 atom stereocenters. The number of nitrogens with one attached hydrogen (secondary N) is 2. The Morgan fingerprint density at radius 1 is 1.32 bits per heavy atom. The Morgan fingerprint density at radius 2 is 2.16 bits per heavy atom. The number of aliphatic hydroxyl groups excluding tert-OH is 2. The molecule has 7 nitrogen and oxygen atoms in total. The molecule has 0 bridgehead atoms. The van der Waals surface area contributed by atoms with E-state index < -0.39 is 12.2 Å². The van der Waals surface area contributed by atoms with Crippen LogP contribution < -0.4 is 15.4 Å². The van der Waals surface area contributed by atoms with Crippen LogP contribution in [0.15, 0.2) is 24.3 Å². The molecule has 138 valence electrons. The first-order valence-electron chi connectivity index (χ1n) is 8.97. The van der Waals surface area contributed by atoms with E-state index in [0.29, 0.717) is 32.7 Å². The van der Waals surface area contributed by atoms with Crippen molar-refractivity contribution in [2.75, 3.05) is 32.7 Å². The maximum Gasteiger partial charge on any atom is 0.317 e. The first-order valence-corrected chi connectivity index (χ1v) is 8.97. The fourth-order valence-electron chi connectivity index (χ4n) is 3.32. The SMILES string of the molecule is O=C1NCCCN1CC(O)CNCC(O)C1CCc2ccccc2O1. The summed E-state index contributed by atoms with van der Waals surface area (Å²) >= 11 is 0. The topological polar surface area (TPSA) is 94.1 Å². The summed E-state index contributed by atoms with van der Waals surface area (Å²) in [5, 5.41) is 26.2. The third kappa shape index (κ3) is 4.84. The van der Waals surface area contributed by atoms with E-state index in [2.05, 4.69) is 10.6 Å². The van der Waals surface area contributed by atoms with Crippen LogP contribution in [0.3, 0.4) is 0 Å². The highest BCUT2D eigenvalue weighted by Gasteiger charge is 2.26. The van der Waals surface area contributed by atoms with Crippen molar-refractivity contribution in [3.63, 3.8) is 0 Å². The Labute approximate surface area is 148 Å². The van der Waals surface area contributed by atoms with Gasteiger partial charge in [0.15, 0.2) is 0 Å². The number of hydrogen-bond donors (Lipinski definition) is 4. The van der Waals surface area contributed by atoms with E-state index in [4.69, 9.17) is 4.74 Å². The highest BCUT2D eigenvalue weighted by atomic mass is 16.5. The summed E-state index contributed by atoms with van der Waals surface area (Å²) in [6.45, 7) is 2.32. The standard InChI is InChI=1S/C18H27N3O4/c22-14(12-21-9-3-8-20-18(21)24)10-19-11-15(23)17-7-6-13-4-1-2-5-16(13)25-17/h1-2,4-5,14-15,17,19,22-23H,3,6-12H2,(H,20,24). The molecule has 1 saturated heterocycles. The van der Waals surface area contributed by atoms with E-state index in [0.717, 1.165) is 25.0 Å². The van der Waals surface area contributed by atoms with Gasteiger partial charge in [0.2, 0.25) is 0 Å². The van der Waals surface area contributed by atoms with Crippen molar-refractivity contribution in [1.29, 1.82) is 0 Å². The molecule has 4 N–H and O–H groups in total. The van der Waals surface area contributed by atoms with E-state index in [9.17, 15) is 15.0 Å². The molecule has 7 heteroatoms. The minimum Gasteiger partial charge on any atom is -0.487 e. The lowest BCUT2D eigenvalue weighted by Crippen LogP contribution is -2.51. The normalized spacial score (nSPS) is 22.6. The van der Waals surface area contributed by atoms with Crippen LogP contribution in [0.4, 0.5) is 4.79 Å². The number of para-hydroxylation sites is 1. The number of ether oxygens (including phenoxy) is 1. The quantitative estimate of drug-likeness (QED) is 0.560. The number of hydrogen-bond acceptors (Lipinski definition) is 5. The summed E-state index contributed by atoms with van der Waals surface area (Å²) in [7, 11) is 0. The molecule has 2 aliphatic rings. The second kappa shape index (κ2) is 8.51. The molecule has 2 aliphatic heterocycles. The van der Waals surface area contributed by atoms with Crippen LogP contribution in [0.25, 0.3) is 0 Å². The van der Waals surface area contributed by atoms with Crippen molar-refractivity contribution < 1.29 is 19.7 Å². The zero-order chi connectivity index (χ0) is 17.6. The van der Waals surface area contributed by atoms with Crippen LogP contribution in [-0.4, -0.2) is 72.2 Å². The number of aliphatic hydroxyl groups is 2. The summed E-state index contributed by atoms with van der Waals surface area (Å²) in [5.74, 6) is 0.842. The second-order valence-corrected chi connectivity index (χ2v) is 6.71. The van der Waals surface area contributed by atoms with Crippen molar-refractivity contribution in [3.8, 4) is 5.75 Å². The summed E-state index contributed by atoms with van der Waals surface area (Å²) in [5.41, 5.74) is 1.18. The van der Waals surface area contributed by atoms with Crippen molar-refractivity contribution >= 4 is 6.03 Å². The summed E-state index contributed by atoms with van der Waals surface area (Å²) in [6, 6.07) is 7.77. The van der Waals surface area contributed by atoms with Gasteiger partial charge in [0.1, 0.15) is 18.0 Å². The van der Waals surface area contributed by atoms with Crippen LogP contribution in [0.1, 0.15) is 18.4 Å². The molecule has 0 radical (unpaired) electrons. The van der Waals surface area contributed by atoms with Crippen molar-refractivity contribution in [3.05, 3.63) is 29.8 Å². The first-order chi connectivity index (χ1) is 12.1. The summed E-state index contributed by atoms with van der Waals surface area (Å²) in [6.07, 6.45) is 1.02. The van der Waals surface area contributed by atoms with Crippen LogP contribution in [-0.2, 0) is 6.42 Å². The molecule has 2 amide bonds. The number of rotatable bonds is 7. The van der Waals surface area contributed by atoms with Gasteiger partial charge in [-0.25, -0.2) is 4.79 Å².